The van der Waals surface area contributed by atoms with E-state index in [9.17, 15) is 14.4 Å². The Morgan fingerprint density at radius 3 is 2.57 bits per heavy atom. The summed E-state index contributed by atoms with van der Waals surface area (Å²) in [7, 11) is 1.55. The summed E-state index contributed by atoms with van der Waals surface area (Å²) in [6.07, 6.45) is 1.63. The Kier molecular flexibility index (Phi) is 8.72. The molecule has 2 heterocycles. The van der Waals surface area contributed by atoms with Crippen molar-refractivity contribution in [1.82, 2.24) is 9.47 Å². The van der Waals surface area contributed by atoms with Gasteiger partial charge in [-0.15, -0.1) is 0 Å². The second-order valence-electron chi connectivity index (χ2n) is 8.76. The number of hydrogen-bond acceptors (Lipinski definition) is 6. The van der Waals surface area contributed by atoms with Crippen LogP contribution in [0.3, 0.4) is 0 Å². The van der Waals surface area contributed by atoms with Gasteiger partial charge in [-0.1, -0.05) is 6.07 Å². The smallest absolute Gasteiger partial charge is 0.355 e. The number of esters is 1. The molecule has 2 aromatic rings. The van der Waals surface area contributed by atoms with Crippen LogP contribution in [0.1, 0.15) is 76.1 Å². The van der Waals surface area contributed by atoms with Gasteiger partial charge >= 0.3 is 5.97 Å². The molecule has 0 spiro atoms. The molecular formula is C27H36N2O6. The Morgan fingerprint density at radius 2 is 1.97 bits per heavy atom. The standard InChI is InChI=1S/C27H36N2O6/c1-7-28-18(4)23(17(3)24(28)27(32)34-8-2)25(30)19(5)29(16-22-13-10-14-35-22)26(31)20-11-9-12-21(15-20)33-6/h9,11-12,15,19,22H,7-8,10,13-14,16H2,1-6H3. The van der Waals surface area contributed by atoms with Crippen LogP contribution in [0, 0.1) is 13.8 Å². The predicted octanol–water partition coefficient (Wildman–Crippen LogP) is 4.20. The number of carbonyl (C=O) groups excluding carboxylic acids is 3. The molecule has 1 aromatic carbocycles. The molecule has 0 aliphatic carbocycles. The lowest BCUT2D eigenvalue weighted by molar-refractivity contribution is 0.0410. The average Bonchev–Trinajstić information content (AvgIpc) is 3.46. The van der Waals surface area contributed by atoms with Crippen LogP contribution in [-0.4, -0.2) is 66.1 Å². The van der Waals surface area contributed by atoms with Gasteiger partial charge in [-0.3, -0.25) is 9.59 Å². The fourth-order valence-corrected chi connectivity index (χ4v) is 4.81. The molecule has 2 atom stereocenters. The van der Waals surface area contributed by atoms with Crippen LogP contribution in [0.4, 0.5) is 0 Å². The van der Waals surface area contributed by atoms with Crippen molar-refractivity contribution in [2.24, 2.45) is 0 Å². The van der Waals surface area contributed by atoms with E-state index in [1.54, 1.807) is 57.0 Å². The fourth-order valence-electron chi connectivity index (χ4n) is 4.81. The molecule has 0 radical (unpaired) electrons. The number of rotatable bonds is 10. The van der Waals surface area contributed by atoms with Gasteiger partial charge in [0.05, 0.1) is 25.9 Å². The van der Waals surface area contributed by atoms with Gasteiger partial charge < -0.3 is 23.7 Å². The molecule has 1 aliphatic heterocycles. The second kappa shape index (κ2) is 11.5. The lowest BCUT2D eigenvalue weighted by Crippen LogP contribution is -2.47. The van der Waals surface area contributed by atoms with Crippen LogP contribution in [0.2, 0.25) is 0 Å². The third kappa shape index (κ3) is 5.42. The summed E-state index contributed by atoms with van der Waals surface area (Å²) in [5.74, 6) is -0.369. The highest BCUT2D eigenvalue weighted by Crippen LogP contribution is 2.27. The normalized spacial score (nSPS) is 16.1. The van der Waals surface area contributed by atoms with Crippen LogP contribution in [0.5, 0.6) is 5.75 Å². The summed E-state index contributed by atoms with van der Waals surface area (Å²) in [4.78, 5) is 41.8. The van der Waals surface area contributed by atoms with Crippen molar-refractivity contribution in [3.63, 3.8) is 0 Å². The number of amides is 1. The maximum atomic E-state index is 13.9. The summed E-state index contributed by atoms with van der Waals surface area (Å²) in [5, 5.41) is 0. The average molecular weight is 485 g/mol. The van der Waals surface area contributed by atoms with Gasteiger partial charge in [0, 0.05) is 36.5 Å². The maximum Gasteiger partial charge on any atom is 0.355 e. The monoisotopic (exact) mass is 484 g/mol. The van der Waals surface area contributed by atoms with E-state index in [-0.39, 0.29) is 24.4 Å². The quantitative estimate of drug-likeness (QED) is 0.371. The highest BCUT2D eigenvalue weighted by Gasteiger charge is 2.35. The maximum absolute atomic E-state index is 13.9. The van der Waals surface area contributed by atoms with E-state index in [0.717, 1.165) is 12.8 Å². The zero-order chi connectivity index (χ0) is 25.7. The summed E-state index contributed by atoms with van der Waals surface area (Å²) in [6, 6.07) is 6.15. The second-order valence-corrected chi connectivity index (χ2v) is 8.76. The highest BCUT2D eigenvalue weighted by atomic mass is 16.5. The summed E-state index contributed by atoms with van der Waals surface area (Å²) in [5.41, 5.74) is 2.54. The minimum absolute atomic E-state index is 0.127. The highest BCUT2D eigenvalue weighted by molar-refractivity contribution is 6.07. The molecule has 3 rings (SSSR count). The van der Waals surface area contributed by atoms with Gasteiger partial charge in [-0.25, -0.2) is 4.79 Å². The van der Waals surface area contributed by atoms with E-state index in [1.807, 2.05) is 18.4 Å². The molecule has 0 N–H and O–H groups in total. The first-order valence-electron chi connectivity index (χ1n) is 12.2. The molecule has 35 heavy (non-hydrogen) atoms. The van der Waals surface area contributed by atoms with Gasteiger partial charge in [0.15, 0.2) is 5.78 Å². The molecule has 0 saturated carbocycles. The van der Waals surface area contributed by atoms with Crippen molar-refractivity contribution >= 4 is 17.7 Å². The summed E-state index contributed by atoms with van der Waals surface area (Å²) >= 11 is 0. The molecule has 1 aliphatic rings. The Morgan fingerprint density at radius 1 is 1.23 bits per heavy atom. The molecule has 2 unspecified atom stereocenters. The van der Waals surface area contributed by atoms with Crippen molar-refractivity contribution in [2.45, 2.75) is 66.2 Å². The topological polar surface area (TPSA) is 87.1 Å². The van der Waals surface area contributed by atoms with Crippen molar-refractivity contribution in [3.05, 3.63) is 52.3 Å². The van der Waals surface area contributed by atoms with Crippen LogP contribution >= 0.6 is 0 Å². The Labute approximate surface area is 207 Å². The van der Waals surface area contributed by atoms with Crippen LogP contribution < -0.4 is 4.74 Å². The molecule has 1 amide bonds. The number of hydrogen-bond donors (Lipinski definition) is 0. The molecule has 0 bridgehead atoms. The molecule has 190 valence electrons. The number of carbonyl (C=O) groups is 3. The van der Waals surface area contributed by atoms with E-state index in [2.05, 4.69) is 0 Å². The number of ketones is 1. The summed E-state index contributed by atoms with van der Waals surface area (Å²) < 4.78 is 18.1. The SMILES string of the molecule is CCOC(=O)c1c(C)c(C(=O)C(C)N(CC2CCCO2)C(=O)c2cccc(OC)c2)c(C)n1CC. The van der Waals surface area contributed by atoms with Crippen molar-refractivity contribution < 1.29 is 28.6 Å². The molecule has 8 heteroatoms. The fraction of sp³-hybridized carbons (Fsp3) is 0.519. The van der Waals surface area contributed by atoms with Gasteiger partial charge in [-0.05, 0) is 71.2 Å². The van der Waals surface area contributed by atoms with E-state index in [0.29, 0.717) is 53.5 Å². The minimum atomic E-state index is -0.766. The van der Waals surface area contributed by atoms with Crippen LogP contribution in [0.15, 0.2) is 24.3 Å². The number of benzene rings is 1. The van der Waals surface area contributed by atoms with Gasteiger partial charge in [0.1, 0.15) is 11.4 Å². The van der Waals surface area contributed by atoms with E-state index in [1.165, 1.54) is 0 Å². The molecule has 1 fully saturated rings. The molecular weight excluding hydrogens is 448 g/mol. The lowest BCUT2D eigenvalue weighted by Gasteiger charge is -2.31. The van der Waals surface area contributed by atoms with Gasteiger partial charge in [0.25, 0.3) is 5.91 Å². The lowest BCUT2D eigenvalue weighted by atomic mass is 9.98. The van der Waals surface area contributed by atoms with Gasteiger partial charge in [-0.2, -0.15) is 0 Å². The van der Waals surface area contributed by atoms with Crippen molar-refractivity contribution in [1.29, 1.82) is 0 Å². The van der Waals surface area contributed by atoms with Crippen LogP contribution in [-0.2, 0) is 16.0 Å². The third-order valence-corrected chi connectivity index (χ3v) is 6.65. The third-order valence-electron chi connectivity index (χ3n) is 6.65. The number of nitrogens with zero attached hydrogens (tertiary/aromatic N) is 2. The number of ether oxygens (including phenoxy) is 3. The zero-order valence-electron chi connectivity index (χ0n) is 21.6. The number of methoxy groups -OCH3 is 1. The largest absolute Gasteiger partial charge is 0.497 e. The Bertz CT molecular complexity index is 1080. The first-order valence-corrected chi connectivity index (χ1v) is 12.2. The van der Waals surface area contributed by atoms with Crippen molar-refractivity contribution in [3.8, 4) is 5.75 Å². The number of Topliss-reactive ketones (excluding diaryl/α,β-unsaturated/α-hetero) is 1. The first-order chi connectivity index (χ1) is 16.7. The number of aromatic nitrogens is 1. The Balaban J connectivity index is 2.01. The van der Waals surface area contributed by atoms with Crippen LogP contribution in [0.25, 0.3) is 0 Å². The summed E-state index contributed by atoms with van der Waals surface area (Å²) in [6.45, 7) is 10.7. The van der Waals surface area contributed by atoms with E-state index < -0.39 is 12.0 Å². The molecule has 1 aromatic heterocycles. The first kappa shape index (κ1) is 26.5. The van der Waals surface area contributed by atoms with Crippen molar-refractivity contribution in [2.75, 3.05) is 26.9 Å². The predicted molar refractivity (Wildman–Crippen MR) is 132 cm³/mol. The molecule has 8 nitrogen and oxygen atoms in total. The van der Waals surface area contributed by atoms with Gasteiger partial charge in [0.2, 0.25) is 0 Å². The zero-order valence-corrected chi connectivity index (χ0v) is 21.6. The van der Waals surface area contributed by atoms with E-state index >= 15 is 0 Å². The van der Waals surface area contributed by atoms with E-state index in [4.69, 9.17) is 14.2 Å². The molecule has 1 saturated heterocycles. The minimum Gasteiger partial charge on any atom is -0.497 e. The Hall–Kier alpha value is -3.13.